The second-order valence-electron chi connectivity index (χ2n) is 5.92. The van der Waals surface area contributed by atoms with Crippen molar-refractivity contribution in [2.24, 2.45) is 14.1 Å². The van der Waals surface area contributed by atoms with E-state index in [1.807, 2.05) is 11.5 Å². The Bertz CT molecular complexity index is 782. The van der Waals surface area contributed by atoms with Crippen molar-refractivity contribution in [2.45, 2.75) is 32.7 Å². The summed E-state index contributed by atoms with van der Waals surface area (Å²) in [4.78, 5) is 31.1. The number of hydrogen-bond acceptors (Lipinski definition) is 4. The first-order valence-corrected chi connectivity index (χ1v) is 7.68. The number of rotatable bonds is 6. The zero-order valence-electron chi connectivity index (χ0n) is 14.1. The zero-order chi connectivity index (χ0) is 16.4. The normalized spacial score (nSPS) is 11.7. The van der Waals surface area contributed by atoms with Gasteiger partial charge in [0.15, 0.2) is 11.2 Å². The Labute approximate surface area is 129 Å². The highest BCUT2D eigenvalue weighted by Gasteiger charge is 2.17. The summed E-state index contributed by atoms with van der Waals surface area (Å²) < 4.78 is 4.58. The van der Waals surface area contributed by atoms with Crippen molar-refractivity contribution in [1.29, 1.82) is 0 Å². The van der Waals surface area contributed by atoms with Gasteiger partial charge in [-0.1, -0.05) is 6.92 Å². The molecular weight excluding hydrogens is 282 g/mol. The maximum Gasteiger partial charge on any atom is 0.332 e. The number of aryl methyl sites for hydroxylation is 3. The summed E-state index contributed by atoms with van der Waals surface area (Å²) in [6.07, 6.45) is 2.77. The van der Waals surface area contributed by atoms with Crippen LogP contribution in [0.1, 0.15) is 25.6 Å². The number of fused-ring (bicyclic) bond motifs is 1. The molecule has 0 saturated carbocycles. The monoisotopic (exact) mass is 307 g/mol. The summed E-state index contributed by atoms with van der Waals surface area (Å²) >= 11 is 0. The molecule has 0 N–H and O–H groups in total. The van der Waals surface area contributed by atoms with Gasteiger partial charge in [-0.05, 0) is 33.5 Å². The molecule has 2 aromatic rings. The van der Waals surface area contributed by atoms with Crippen LogP contribution in [0.2, 0.25) is 0 Å². The predicted octanol–water partition coefficient (Wildman–Crippen LogP) is 0.338. The van der Waals surface area contributed by atoms with Gasteiger partial charge in [0.1, 0.15) is 5.82 Å². The molecule has 7 nitrogen and oxygen atoms in total. The highest BCUT2D eigenvalue weighted by atomic mass is 16.2. The third-order valence-electron chi connectivity index (χ3n) is 3.98. The van der Waals surface area contributed by atoms with Crippen LogP contribution in [-0.2, 0) is 27.1 Å². The van der Waals surface area contributed by atoms with Gasteiger partial charge in [-0.25, -0.2) is 9.78 Å². The quantitative estimate of drug-likeness (QED) is 0.722. The van der Waals surface area contributed by atoms with E-state index in [4.69, 9.17) is 0 Å². The summed E-state index contributed by atoms with van der Waals surface area (Å²) in [5.74, 6) is 0.859. The largest absolute Gasteiger partial charge is 0.332 e. The highest BCUT2D eigenvalue weighted by Crippen LogP contribution is 2.13. The van der Waals surface area contributed by atoms with Crippen molar-refractivity contribution in [1.82, 2.24) is 23.6 Å². The molecule has 2 aromatic heterocycles. The van der Waals surface area contributed by atoms with Gasteiger partial charge in [0.25, 0.3) is 5.56 Å². The fraction of sp³-hybridized carbons (Fsp3) is 0.667. The highest BCUT2D eigenvalue weighted by molar-refractivity contribution is 5.71. The van der Waals surface area contributed by atoms with Crippen molar-refractivity contribution in [3.05, 3.63) is 26.7 Å². The first kappa shape index (κ1) is 16.5. The number of aromatic nitrogens is 4. The van der Waals surface area contributed by atoms with E-state index >= 15 is 0 Å². The molecule has 2 heterocycles. The maximum absolute atomic E-state index is 12.5. The van der Waals surface area contributed by atoms with Crippen molar-refractivity contribution in [2.75, 3.05) is 20.6 Å². The van der Waals surface area contributed by atoms with Crippen LogP contribution in [0.3, 0.4) is 0 Å². The van der Waals surface area contributed by atoms with E-state index < -0.39 is 0 Å². The molecule has 2 rings (SSSR count). The van der Waals surface area contributed by atoms with Crippen molar-refractivity contribution in [3.63, 3.8) is 0 Å². The topological polar surface area (TPSA) is 65.1 Å². The van der Waals surface area contributed by atoms with E-state index in [-0.39, 0.29) is 11.2 Å². The molecule has 0 aliphatic heterocycles. The molecule has 122 valence electrons. The van der Waals surface area contributed by atoms with Crippen LogP contribution in [0.15, 0.2) is 9.59 Å². The first-order chi connectivity index (χ1) is 10.4. The SMILES string of the molecule is CCc1nc2c(c(=O)n(C)c(=O)n2C)n1CCCCN(C)C. The third kappa shape index (κ3) is 2.85. The second kappa shape index (κ2) is 6.48. The molecule has 0 unspecified atom stereocenters. The van der Waals surface area contributed by atoms with Gasteiger partial charge >= 0.3 is 5.69 Å². The summed E-state index contributed by atoms with van der Waals surface area (Å²) in [6.45, 7) is 3.78. The van der Waals surface area contributed by atoms with Gasteiger partial charge in [-0.15, -0.1) is 0 Å². The Morgan fingerprint density at radius 2 is 1.77 bits per heavy atom. The van der Waals surface area contributed by atoms with Crippen LogP contribution >= 0.6 is 0 Å². The number of imidazole rings is 1. The molecule has 0 amide bonds. The van der Waals surface area contributed by atoms with Crippen molar-refractivity contribution < 1.29 is 0 Å². The predicted molar refractivity (Wildman–Crippen MR) is 87.4 cm³/mol. The lowest BCUT2D eigenvalue weighted by molar-refractivity contribution is 0.387. The van der Waals surface area contributed by atoms with Crippen molar-refractivity contribution in [3.8, 4) is 0 Å². The molecule has 0 aliphatic rings. The van der Waals surface area contributed by atoms with Crippen LogP contribution in [0.25, 0.3) is 11.2 Å². The molecule has 7 heteroatoms. The molecule has 0 atom stereocenters. The van der Waals surface area contributed by atoms with Crippen LogP contribution < -0.4 is 11.2 Å². The van der Waals surface area contributed by atoms with Gasteiger partial charge in [-0.2, -0.15) is 0 Å². The fourth-order valence-corrected chi connectivity index (χ4v) is 2.70. The van der Waals surface area contributed by atoms with Gasteiger partial charge in [0, 0.05) is 27.1 Å². The van der Waals surface area contributed by atoms with Crippen molar-refractivity contribution >= 4 is 11.2 Å². The van der Waals surface area contributed by atoms with E-state index in [9.17, 15) is 9.59 Å². The minimum Gasteiger partial charge on any atom is -0.322 e. The maximum atomic E-state index is 12.5. The Morgan fingerprint density at radius 3 is 2.36 bits per heavy atom. The standard InChI is InChI=1S/C15H25N5O2/c1-6-11-16-13-12(14(21)19(5)15(22)18(13)4)20(11)10-8-7-9-17(2)3/h6-10H2,1-5H3. The van der Waals surface area contributed by atoms with E-state index in [1.54, 1.807) is 7.05 Å². The van der Waals surface area contributed by atoms with E-state index in [1.165, 1.54) is 11.6 Å². The molecule has 0 radical (unpaired) electrons. The summed E-state index contributed by atoms with van der Waals surface area (Å²) in [5.41, 5.74) is 0.416. The Morgan fingerprint density at radius 1 is 1.09 bits per heavy atom. The van der Waals surface area contributed by atoms with Gasteiger partial charge in [0.05, 0.1) is 0 Å². The minimum absolute atomic E-state index is 0.266. The van der Waals surface area contributed by atoms with Gasteiger partial charge in [-0.3, -0.25) is 13.9 Å². The van der Waals surface area contributed by atoms with Crippen LogP contribution in [-0.4, -0.2) is 44.2 Å². The lowest BCUT2D eigenvalue weighted by Crippen LogP contribution is -2.37. The summed E-state index contributed by atoms with van der Waals surface area (Å²) in [7, 11) is 7.28. The Hall–Kier alpha value is -1.89. The molecule has 0 fully saturated rings. The Balaban J connectivity index is 2.48. The lowest BCUT2D eigenvalue weighted by Gasteiger charge is -2.11. The number of nitrogens with zero attached hydrogens (tertiary/aromatic N) is 5. The molecule has 0 aliphatic carbocycles. The Kier molecular flexibility index (Phi) is 4.85. The molecular formula is C15H25N5O2. The van der Waals surface area contributed by atoms with Crippen LogP contribution in [0.5, 0.6) is 0 Å². The summed E-state index contributed by atoms with van der Waals surface area (Å²) in [6, 6.07) is 0. The number of hydrogen-bond donors (Lipinski definition) is 0. The zero-order valence-corrected chi connectivity index (χ0v) is 14.1. The first-order valence-electron chi connectivity index (χ1n) is 7.68. The molecule has 0 aromatic carbocycles. The smallest absolute Gasteiger partial charge is 0.322 e. The van der Waals surface area contributed by atoms with E-state index in [0.29, 0.717) is 11.2 Å². The number of unbranched alkanes of at least 4 members (excludes halogenated alkanes) is 1. The van der Waals surface area contributed by atoms with Gasteiger partial charge < -0.3 is 9.47 Å². The molecule has 0 bridgehead atoms. The molecule has 22 heavy (non-hydrogen) atoms. The third-order valence-corrected chi connectivity index (χ3v) is 3.98. The minimum atomic E-state index is -0.336. The summed E-state index contributed by atoms with van der Waals surface area (Å²) in [5, 5.41) is 0. The average molecular weight is 307 g/mol. The molecule has 0 spiro atoms. The van der Waals surface area contributed by atoms with E-state index in [0.717, 1.165) is 42.7 Å². The fourth-order valence-electron chi connectivity index (χ4n) is 2.70. The van der Waals surface area contributed by atoms with Crippen LogP contribution in [0, 0.1) is 0 Å². The molecule has 0 saturated heterocycles. The second-order valence-corrected chi connectivity index (χ2v) is 5.92. The van der Waals surface area contributed by atoms with E-state index in [2.05, 4.69) is 24.0 Å². The van der Waals surface area contributed by atoms with Gasteiger partial charge in [0.2, 0.25) is 0 Å². The lowest BCUT2D eigenvalue weighted by atomic mass is 10.3. The average Bonchev–Trinajstić information content (AvgIpc) is 2.86. The van der Waals surface area contributed by atoms with Crippen LogP contribution in [0.4, 0.5) is 0 Å².